The minimum Gasteiger partial charge on any atom is -0.336 e. The van der Waals surface area contributed by atoms with Gasteiger partial charge >= 0.3 is 0 Å². The van der Waals surface area contributed by atoms with E-state index in [0.717, 1.165) is 31.1 Å². The fourth-order valence-electron chi connectivity index (χ4n) is 2.08. The zero-order valence-corrected chi connectivity index (χ0v) is 11.6. The second-order valence-electron chi connectivity index (χ2n) is 4.72. The number of piperazine rings is 1. The Bertz CT molecular complexity index is 518. The van der Waals surface area contributed by atoms with Crippen LogP contribution in [0.3, 0.4) is 0 Å². The Kier molecular flexibility index (Phi) is 3.50. The highest BCUT2D eigenvalue weighted by Crippen LogP contribution is 2.24. The summed E-state index contributed by atoms with van der Waals surface area (Å²) in [6.45, 7) is 3.87. The van der Waals surface area contributed by atoms with E-state index >= 15 is 0 Å². The van der Waals surface area contributed by atoms with Gasteiger partial charge in [0.1, 0.15) is 6.04 Å². The maximum absolute atomic E-state index is 6.11. The molecule has 3 heterocycles. The Balaban J connectivity index is 1.73. The van der Waals surface area contributed by atoms with Crippen molar-refractivity contribution in [2.45, 2.75) is 6.04 Å². The maximum Gasteiger partial charge on any atom is 0.266 e. The molecule has 7 heteroatoms. The Morgan fingerprint density at radius 1 is 1.37 bits per heavy atom. The van der Waals surface area contributed by atoms with E-state index in [-0.39, 0.29) is 6.04 Å². The van der Waals surface area contributed by atoms with Crippen LogP contribution in [0.4, 0.5) is 5.95 Å². The van der Waals surface area contributed by atoms with Gasteiger partial charge in [0.2, 0.25) is 0 Å². The molecule has 0 radical (unpaired) electrons. The Labute approximate surface area is 115 Å². The standard InChI is InChI=1S/C12H17N5OS/c1-16-4-6-17(7-5-16)12-14-11(18-15-12)10(13)9-3-2-8-19-9/h2-3,8,10H,4-7,13H2,1H3. The van der Waals surface area contributed by atoms with E-state index in [1.807, 2.05) is 17.5 Å². The number of nitrogens with two attached hydrogens (primary N) is 1. The number of rotatable bonds is 3. The van der Waals surface area contributed by atoms with Gasteiger partial charge in [-0.3, -0.25) is 0 Å². The van der Waals surface area contributed by atoms with Gasteiger partial charge in [0.15, 0.2) is 0 Å². The van der Waals surface area contributed by atoms with Crippen LogP contribution < -0.4 is 10.6 Å². The number of likely N-dealkylation sites (N-methyl/N-ethyl adjacent to an activating group) is 1. The molecule has 1 aliphatic heterocycles. The molecule has 1 atom stereocenters. The fraction of sp³-hybridized carbons (Fsp3) is 0.500. The topological polar surface area (TPSA) is 71.4 Å². The summed E-state index contributed by atoms with van der Waals surface area (Å²) < 4.78 is 5.30. The Hall–Kier alpha value is -1.44. The maximum atomic E-state index is 6.11. The van der Waals surface area contributed by atoms with Gasteiger partial charge < -0.3 is 20.1 Å². The molecule has 19 heavy (non-hydrogen) atoms. The highest BCUT2D eigenvalue weighted by atomic mass is 32.1. The van der Waals surface area contributed by atoms with Crippen LogP contribution in [0.5, 0.6) is 0 Å². The minimum atomic E-state index is -0.325. The Morgan fingerprint density at radius 2 is 2.16 bits per heavy atom. The average Bonchev–Trinajstić information content (AvgIpc) is 3.10. The van der Waals surface area contributed by atoms with Gasteiger partial charge in [-0.05, 0) is 23.7 Å². The number of nitrogens with zero attached hydrogens (tertiary/aromatic N) is 4. The molecule has 0 bridgehead atoms. The lowest BCUT2D eigenvalue weighted by Gasteiger charge is -2.31. The van der Waals surface area contributed by atoms with Crippen LogP contribution in [0.1, 0.15) is 16.8 Å². The molecule has 0 spiro atoms. The predicted molar refractivity (Wildman–Crippen MR) is 74.4 cm³/mol. The van der Waals surface area contributed by atoms with E-state index in [1.165, 1.54) is 0 Å². The molecule has 1 unspecified atom stereocenters. The molecule has 2 N–H and O–H groups in total. The van der Waals surface area contributed by atoms with Crippen molar-refractivity contribution in [2.24, 2.45) is 5.73 Å². The third-order valence-corrected chi connectivity index (χ3v) is 4.29. The first-order valence-corrected chi connectivity index (χ1v) is 7.18. The number of hydrogen-bond acceptors (Lipinski definition) is 7. The molecule has 1 saturated heterocycles. The summed E-state index contributed by atoms with van der Waals surface area (Å²) in [7, 11) is 2.12. The smallest absolute Gasteiger partial charge is 0.266 e. The second kappa shape index (κ2) is 5.28. The van der Waals surface area contributed by atoms with Crippen molar-refractivity contribution in [1.82, 2.24) is 15.0 Å². The van der Waals surface area contributed by atoms with Crippen molar-refractivity contribution >= 4 is 17.3 Å². The molecule has 0 amide bonds. The van der Waals surface area contributed by atoms with Crippen LogP contribution in [0, 0.1) is 0 Å². The molecule has 0 aromatic carbocycles. The van der Waals surface area contributed by atoms with Crippen molar-refractivity contribution < 1.29 is 4.52 Å². The summed E-state index contributed by atoms with van der Waals surface area (Å²) in [6.07, 6.45) is 0. The van der Waals surface area contributed by atoms with E-state index in [0.29, 0.717) is 11.8 Å². The average molecular weight is 279 g/mol. The highest BCUT2D eigenvalue weighted by Gasteiger charge is 2.22. The van der Waals surface area contributed by atoms with E-state index in [1.54, 1.807) is 11.3 Å². The molecular weight excluding hydrogens is 262 g/mol. The summed E-state index contributed by atoms with van der Waals surface area (Å²) in [6, 6.07) is 3.63. The second-order valence-corrected chi connectivity index (χ2v) is 5.70. The van der Waals surface area contributed by atoms with Crippen molar-refractivity contribution in [3.8, 4) is 0 Å². The van der Waals surface area contributed by atoms with Crippen molar-refractivity contribution in [1.29, 1.82) is 0 Å². The van der Waals surface area contributed by atoms with Gasteiger partial charge in [0, 0.05) is 31.1 Å². The van der Waals surface area contributed by atoms with Crippen LogP contribution in [-0.2, 0) is 0 Å². The summed E-state index contributed by atoms with van der Waals surface area (Å²) >= 11 is 1.60. The molecule has 1 aliphatic rings. The first kappa shape index (κ1) is 12.6. The van der Waals surface area contributed by atoms with Gasteiger partial charge in [-0.2, -0.15) is 4.98 Å². The SMILES string of the molecule is CN1CCN(c2noc(C(N)c3cccs3)n2)CC1. The molecule has 2 aromatic rings. The summed E-state index contributed by atoms with van der Waals surface area (Å²) in [4.78, 5) is 9.88. The minimum absolute atomic E-state index is 0.325. The lowest BCUT2D eigenvalue weighted by molar-refractivity contribution is 0.308. The molecule has 102 valence electrons. The molecule has 2 aromatic heterocycles. The number of thiophene rings is 1. The quantitative estimate of drug-likeness (QED) is 0.901. The molecule has 1 fully saturated rings. The number of aromatic nitrogens is 2. The molecule has 6 nitrogen and oxygen atoms in total. The predicted octanol–water partition coefficient (Wildman–Crippen LogP) is 0.931. The third-order valence-electron chi connectivity index (χ3n) is 3.33. The molecule has 0 aliphatic carbocycles. The van der Waals surface area contributed by atoms with Gasteiger partial charge in [-0.1, -0.05) is 6.07 Å². The summed E-state index contributed by atoms with van der Waals surface area (Å²) in [5.74, 6) is 1.13. The largest absolute Gasteiger partial charge is 0.336 e. The van der Waals surface area contributed by atoms with E-state index in [2.05, 4.69) is 27.0 Å². The van der Waals surface area contributed by atoms with Crippen LogP contribution in [0.25, 0.3) is 0 Å². The number of hydrogen-bond donors (Lipinski definition) is 1. The molecular formula is C12H17N5OS. The van der Waals surface area contributed by atoms with Gasteiger partial charge in [-0.15, -0.1) is 11.3 Å². The molecule has 3 rings (SSSR count). The van der Waals surface area contributed by atoms with Gasteiger partial charge in [-0.25, -0.2) is 0 Å². The monoisotopic (exact) mass is 279 g/mol. The number of anilines is 1. The first-order chi connectivity index (χ1) is 9.24. The Morgan fingerprint density at radius 3 is 2.84 bits per heavy atom. The van der Waals surface area contributed by atoms with Crippen LogP contribution in [-0.4, -0.2) is 48.3 Å². The molecule has 0 saturated carbocycles. The lowest BCUT2D eigenvalue weighted by atomic mass is 10.2. The zero-order chi connectivity index (χ0) is 13.2. The van der Waals surface area contributed by atoms with Crippen molar-refractivity contribution in [3.05, 3.63) is 28.3 Å². The highest BCUT2D eigenvalue weighted by molar-refractivity contribution is 7.10. The normalized spacial score (nSPS) is 18.7. The zero-order valence-electron chi connectivity index (χ0n) is 10.8. The third kappa shape index (κ3) is 2.63. The fourth-order valence-corrected chi connectivity index (χ4v) is 2.80. The van der Waals surface area contributed by atoms with Crippen LogP contribution in [0.2, 0.25) is 0 Å². The lowest BCUT2D eigenvalue weighted by Crippen LogP contribution is -2.44. The van der Waals surface area contributed by atoms with Gasteiger partial charge in [0.25, 0.3) is 11.8 Å². The van der Waals surface area contributed by atoms with E-state index in [4.69, 9.17) is 10.3 Å². The van der Waals surface area contributed by atoms with Gasteiger partial charge in [0.05, 0.1) is 0 Å². The van der Waals surface area contributed by atoms with E-state index < -0.39 is 0 Å². The van der Waals surface area contributed by atoms with E-state index in [9.17, 15) is 0 Å². The van der Waals surface area contributed by atoms with Crippen LogP contribution >= 0.6 is 11.3 Å². The summed E-state index contributed by atoms with van der Waals surface area (Å²) in [5.41, 5.74) is 6.11. The first-order valence-electron chi connectivity index (χ1n) is 6.30. The van der Waals surface area contributed by atoms with Crippen molar-refractivity contribution in [2.75, 3.05) is 38.1 Å². The summed E-state index contributed by atoms with van der Waals surface area (Å²) in [5, 5.41) is 6.03. The van der Waals surface area contributed by atoms with Crippen molar-refractivity contribution in [3.63, 3.8) is 0 Å². The van der Waals surface area contributed by atoms with Crippen LogP contribution in [0.15, 0.2) is 22.0 Å².